The SMILES string of the molecule is Cc1ccc(C(=O)Nc2ccc(C)c(S(=O)(=O)Nc3ccc(C)cc3C)c2)cc1. The summed E-state index contributed by atoms with van der Waals surface area (Å²) < 4.78 is 28.6. The Bertz CT molecular complexity index is 1170. The van der Waals surface area contributed by atoms with Crippen molar-refractivity contribution in [3.05, 3.63) is 88.5 Å². The lowest BCUT2D eigenvalue weighted by molar-refractivity contribution is 0.102. The maximum absolute atomic E-state index is 13.0. The van der Waals surface area contributed by atoms with Gasteiger partial charge in [0.15, 0.2) is 0 Å². The van der Waals surface area contributed by atoms with Gasteiger partial charge in [0.2, 0.25) is 0 Å². The minimum absolute atomic E-state index is 0.124. The first-order chi connectivity index (χ1) is 13.7. The summed E-state index contributed by atoms with van der Waals surface area (Å²) >= 11 is 0. The van der Waals surface area contributed by atoms with E-state index >= 15 is 0 Å². The predicted molar refractivity (Wildman–Crippen MR) is 117 cm³/mol. The third-order valence-electron chi connectivity index (χ3n) is 4.68. The second kappa shape index (κ2) is 8.09. The van der Waals surface area contributed by atoms with Crippen LogP contribution in [0.25, 0.3) is 0 Å². The summed E-state index contributed by atoms with van der Waals surface area (Å²) in [6.45, 7) is 7.48. The van der Waals surface area contributed by atoms with E-state index in [9.17, 15) is 13.2 Å². The molecule has 3 aromatic carbocycles. The van der Waals surface area contributed by atoms with Crippen LogP contribution in [0.15, 0.2) is 65.6 Å². The molecule has 0 aliphatic heterocycles. The molecule has 3 rings (SSSR count). The lowest BCUT2D eigenvalue weighted by atomic mass is 10.1. The number of nitrogens with one attached hydrogen (secondary N) is 2. The normalized spacial score (nSPS) is 11.2. The Balaban J connectivity index is 1.87. The van der Waals surface area contributed by atoms with Crippen molar-refractivity contribution in [2.24, 2.45) is 0 Å². The van der Waals surface area contributed by atoms with E-state index in [1.807, 2.05) is 45.0 Å². The number of hydrogen-bond donors (Lipinski definition) is 2. The Labute approximate surface area is 171 Å². The van der Waals surface area contributed by atoms with Crippen LogP contribution in [-0.4, -0.2) is 14.3 Å². The molecule has 5 nitrogen and oxygen atoms in total. The summed E-state index contributed by atoms with van der Waals surface area (Å²) in [5.41, 5.74) is 5.01. The molecule has 29 heavy (non-hydrogen) atoms. The molecule has 0 fully saturated rings. The lowest BCUT2D eigenvalue weighted by Crippen LogP contribution is -2.16. The van der Waals surface area contributed by atoms with Crippen molar-refractivity contribution in [2.75, 3.05) is 10.0 Å². The van der Waals surface area contributed by atoms with Gasteiger partial charge in [-0.2, -0.15) is 0 Å². The number of carbonyl (C=O) groups excluding carboxylic acids is 1. The van der Waals surface area contributed by atoms with E-state index in [-0.39, 0.29) is 10.8 Å². The van der Waals surface area contributed by atoms with Crippen molar-refractivity contribution < 1.29 is 13.2 Å². The largest absolute Gasteiger partial charge is 0.322 e. The Kier molecular flexibility index (Phi) is 5.75. The molecule has 6 heteroatoms. The molecule has 1 amide bonds. The van der Waals surface area contributed by atoms with E-state index in [0.29, 0.717) is 22.5 Å². The quantitative estimate of drug-likeness (QED) is 0.626. The van der Waals surface area contributed by atoms with Gasteiger partial charge in [-0.3, -0.25) is 9.52 Å². The smallest absolute Gasteiger partial charge is 0.262 e. The number of carbonyl (C=O) groups is 1. The molecule has 0 aliphatic rings. The van der Waals surface area contributed by atoms with Crippen LogP contribution in [0, 0.1) is 27.7 Å². The molecule has 0 aromatic heterocycles. The average Bonchev–Trinajstić information content (AvgIpc) is 2.66. The number of aryl methyl sites for hydroxylation is 4. The van der Waals surface area contributed by atoms with E-state index in [0.717, 1.165) is 16.7 Å². The van der Waals surface area contributed by atoms with Crippen molar-refractivity contribution in [1.82, 2.24) is 0 Å². The van der Waals surface area contributed by atoms with Crippen molar-refractivity contribution in [3.63, 3.8) is 0 Å². The van der Waals surface area contributed by atoms with Gasteiger partial charge in [0.1, 0.15) is 0 Å². The van der Waals surface area contributed by atoms with Gasteiger partial charge < -0.3 is 5.32 Å². The molecule has 0 unspecified atom stereocenters. The molecular weight excluding hydrogens is 384 g/mol. The van der Waals surface area contributed by atoms with Crippen LogP contribution < -0.4 is 10.0 Å². The summed E-state index contributed by atoms with van der Waals surface area (Å²) in [4.78, 5) is 12.6. The first-order valence-corrected chi connectivity index (χ1v) is 10.7. The first kappa shape index (κ1) is 20.6. The monoisotopic (exact) mass is 408 g/mol. The molecule has 0 aliphatic carbocycles. The zero-order chi connectivity index (χ0) is 21.2. The Morgan fingerprint density at radius 1 is 0.759 bits per heavy atom. The van der Waals surface area contributed by atoms with Crippen molar-refractivity contribution >= 4 is 27.3 Å². The molecular formula is C23H24N2O3S. The van der Waals surface area contributed by atoms with Crippen LogP contribution in [0.2, 0.25) is 0 Å². The molecule has 0 bridgehead atoms. The zero-order valence-electron chi connectivity index (χ0n) is 16.9. The Morgan fingerprint density at radius 2 is 1.41 bits per heavy atom. The minimum Gasteiger partial charge on any atom is -0.322 e. The van der Waals surface area contributed by atoms with Gasteiger partial charge in [-0.05, 0) is 69.2 Å². The van der Waals surface area contributed by atoms with Crippen molar-refractivity contribution in [1.29, 1.82) is 0 Å². The predicted octanol–water partition coefficient (Wildman–Crippen LogP) is 4.97. The second-order valence-electron chi connectivity index (χ2n) is 7.22. The molecule has 0 atom stereocenters. The van der Waals surface area contributed by atoms with Gasteiger partial charge in [0, 0.05) is 11.3 Å². The summed E-state index contributed by atoms with van der Waals surface area (Å²) in [6, 6.07) is 17.6. The van der Waals surface area contributed by atoms with Gasteiger partial charge in [-0.15, -0.1) is 0 Å². The number of benzene rings is 3. The van der Waals surface area contributed by atoms with E-state index in [4.69, 9.17) is 0 Å². The average molecular weight is 409 g/mol. The highest BCUT2D eigenvalue weighted by molar-refractivity contribution is 7.92. The van der Waals surface area contributed by atoms with Gasteiger partial charge in [-0.1, -0.05) is 41.5 Å². The standard InChI is InChI=1S/C23H24N2O3S/c1-15-5-9-19(10-6-15)23(26)24-20-11-8-17(3)22(14-20)29(27,28)25-21-12-7-16(2)13-18(21)4/h5-14,25H,1-4H3,(H,24,26). The lowest BCUT2D eigenvalue weighted by Gasteiger charge is -2.14. The van der Waals surface area contributed by atoms with Crippen LogP contribution in [0.3, 0.4) is 0 Å². The van der Waals surface area contributed by atoms with Crippen LogP contribution in [0.5, 0.6) is 0 Å². The fourth-order valence-corrected chi connectivity index (χ4v) is 4.41. The first-order valence-electron chi connectivity index (χ1n) is 9.24. The topological polar surface area (TPSA) is 75.3 Å². The fraction of sp³-hybridized carbons (Fsp3) is 0.174. The second-order valence-corrected chi connectivity index (χ2v) is 8.88. The summed E-state index contributed by atoms with van der Waals surface area (Å²) in [5.74, 6) is -0.292. The minimum atomic E-state index is -3.81. The van der Waals surface area contributed by atoms with Gasteiger partial charge in [0.05, 0.1) is 10.6 Å². The zero-order valence-corrected chi connectivity index (χ0v) is 17.7. The molecule has 2 N–H and O–H groups in total. The number of amides is 1. The van der Waals surface area contributed by atoms with E-state index < -0.39 is 10.0 Å². The highest BCUT2D eigenvalue weighted by Crippen LogP contribution is 2.25. The third kappa shape index (κ3) is 4.84. The molecule has 0 heterocycles. The molecule has 0 saturated heterocycles. The fourth-order valence-electron chi connectivity index (χ4n) is 3.00. The van der Waals surface area contributed by atoms with Gasteiger partial charge in [0.25, 0.3) is 15.9 Å². The maximum Gasteiger partial charge on any atom is 0.262 e. The van der Waals surface area contributed by atoms with Crippen LogP contribution in [0.1, 0.15) is 32.6 Å². The molecule has 150 valence electrons. The number of rotatable bonds is 5. The summed E-state index contributed by atoms with van der Waals surface area (Å²) in [7, 11) is -3.81. The Hall–Kier alpha value is -3.12. The summed E-state index contributed by atoms with van der Waals surface area (Å²) in [6.07, 6.45) is 0. The van der Waals surface area contributed by atoms with Crippen molar-refractivity contribution in [2.45, 2.75) is 32.6 Å². The molecule has 0 saturated carbocycles. The molecule has 0 spiro atoms. The van der Waals surface area contributed by atoms with E-state index in [2.05, 4.69) is 10.0 Å². The van der Waals surface area contributed by atoms with Crippen LogP contribution in [-0.2, 0) is 10.0 Å². The van der Waals surface area contributed by atoms with Crippen molar-refractivity contribution in [3.8, 4) is 0 Å². The van der Waals surface area contributed by atoms with E-state index in [1.54, 1.807) is 37.3 Å². The van der Waals surface area contributed by atoms with Crippen LogP contribution in [0.4, 0.5) is 11.4 Å². The third-order valence-corrected chi connectivity index (χ3v) is 6.18. The number of hydrogen-bond acceptors (Lipinski definition) is 3. The van der Waals surface area contributed by atoms with Crippen LogP contribution >= 0.6 is 0 Å². The molecule has 0 radical (unpaired) electrons. The Morgan fingerprint density at radius 3 is 2.07 bits per heavy atom. The summed E-state index contributed by atoms with van der Waals surface area (Å²) in [5, 5.41) is 2.77. The maximum atomic E-state index is 13.0. The highest BCUT2D eigenvalue weighted by atomic mass is 32.2. The number of anilines is 2. The van der Waals surface area contributed by atoms with Gasteiger partial charge >= 0.3 is 0 Å². The van der Waals surface area contributed by atoms with E-state index in [1.165, 1.54) is 6.07 Å². The van der Waals surface area contributed by atoms with Gasteiger partial charge in [-0.25, -0.2) is 8.42 Å². The molecule has 3 aromatic rings. The highest BCUT2D eigenvalue weighted by Gasteiger charge is 2.19. The number of sulfonamides is 1.